The third-order valence-electron chi connectivity index (χ3n) is 5.63. The molecule has 0 saturated carbocycles. The van der Waals surface area contributed by atoms with Gasteiger partial charge in [-0.3, -0.25) is 9.69 Å². The number of anilines is 1. The molecule has 0 unspecified atom stereocenters. The smallest absolute Gasteiger partial charge is 0.241 e. The van der Waals surface area contributed by atoms with Crippen molar-refractivity contribution in [3.05, 3.63) is 58.6 Å². The Kier molecular flexibility index (Phi) is 7.53. The van der Waals surface area contributed by atoms with Crippen molar-refractivity contribution in [3.63, 3.8) is 0 Å². The molecule has 2 aromatic carbocycles. The van der Waals surface area contributed by atoms with Gasteiger partial charge in [-0.2, -0.15) is 0 Å². The topological polar surface area (TPSA) is 44.8 Å². The minimum Gasteiger partial charge on any atom is -0.495 e. The van der Waals surface area contributed by atoms with E-state index >= 15 is 0 Å². The normalized spacial score (nSPS) is 16.4. The van der Waals surface area contributed by atoms with E-state index in [1.807, 2.05) is 19.9 Å². The second-order valence-corrected chi connectivity index (χ2v) is 7.99. The minimum absolute atomic E-state index is 0.0252. The standard InChI is InChI=1S/C23H30ClN3O2/c1-17-15-21(22(29-3)16-20(17)24)25-23(28)18(2)27-13-11-26(12-14-27)10-9-19-7-5-4-6-8-19/h4-8,15-16,18H,9-14H2,1-3H3,(H,25,28)/t18-/m0/s1. The Morgan fingerprint density at radius 1 is 1.17 bits per heavy atom. The lowest BCUT2D eigenvalue weighted by Crippen LogP contribution is -2.53. The number of methoxy groups -OCH3 is 1. The molecule has 0 bridgehead atoms. The predicted molar refractivity (Wildman–Crippen MR) is 119 cm³/mol. The molecule has 29 heavy (non-hydrogen) atoms. The highest BCUT2D eigenvalue weighted by molar-refractivity contribution is 6.31. The minimum atomic E-state index is -0.202. The first-order chi connectivity index (χ1) is 14.0. The van der Waals surface area contributed by atoms with Crippen LogP contribution in [0.25, 0.3) is 0 Å². The Bertz CT molecular complexity index is 820. The first-order valence-electron chi connectivity index (χ1n) is 10.1. The van der Waals surface area contributed by atoms with Gasteiger partial charge < -0.3 is 15.0 Å². The highest BCUT2D eigenvalue weighted by Crippen LogP contribution is 2.31. The van der Waals surface area contributed by atoms with Crippen LogP contribution < -0.4 is 10.1 Å². The molecule has 1 aliphatic heterocycles. The zero-order valence-corrected chi connectivity index (χ0v) is 18.2. The second-order valence-electron chi connectivity index (χ2n) is 7.58. The summed E-state index contributed by atoms with van der Waals surface area (Å²) in [5.41, 5.74) is 2.94. The van der Waals surface area contributed by atoms with Crippen LogP contribution >= 0.6 is 11.6 Å². The van der Waals surface area contributed by atoms with Crippen molar-refractivity contribution in [1.29, 1.82) is 0 Å². The van der Waals surface area contributed by atoms with Crippen molar-refractivity contribution in [2.24, 2.45) is 0 Å². The van der Waals surface area contributed by atoms with Gasteiger partial charge in [0.15, 0.2) is 0 Å². The molecular formula is C23H30ClN3O2. The molecule has 0 spiro atoms. The number of piperazine rings is 1. The molecule has 1 saturated heterocycles. The van der Waals surface area contributed by atoms with E-state index in [4.69, 9.17) is 16.3 Å². The summed E-state index contributed by atoms with van der Waals surface area (Å²) in [6.45, 7) is 8.67. The van der Waals surface area contributed by atoms with Gasteiger partial charge in [0.25, 0.3) is 0 Å². The molecule has 0 radical (unpaired) electrons. The summed E-state index contributed by atoms with van der Waals surface area (Å²) in [5.74, 6) is 0.551. The third kappa shape index (κ3) is 5.72. The number of hydrogen-bond acceptors (Lipinski definition) is 4. The molecule has 0 aliphatic carbocycles. The molecular weight excluding hydrogens is 386 g/mol. The maximum Gasteiger partial charge on any atom is 0.241 e. The fourth-order valence-electron chi connectivity index (χ4n) is 3.64. The van der Waals surface area contributed by atoms with Gasteiger partial charge in [-0.15, -0.1) is 0 Å². The number of rotatable bonds is 7. The number of carbonyl (C=O) groups excluding carboxylic acids is 1. The van der Waals surface area contributed by atoms with Crippen molar-refractivity contribution >= 4 is 23.2 Å². The Labute approximate surface area is 178 Å². The van der Waals surface area contributed by atoms with Crippen LogP contribution in [0.1, 0.15) is 18.1 Å². The van der Waals surface area contributed by atoms with E-state index in [0.717, 1.165) is 44.7 Å². The summed E-state index contributed by atoms with van der Waals surface area (Å²) >= 11 is 6.16. The summed E-state index contributed by atoms with van der Waals surface area (Å²) in [7, 11) is 1.58. The van der Waals surface area contributed by atoms with Crippen LogP contribution in [-0.2, 0) is 11.2 Å². The molecule has 1 N–H and O–H groups in total. The van der Waals surface area contributed by atoms with Gasteiger partial charge in [0.2, 0.25) is 5.91 Å². The van der Waals surface area contributed by atoms with Crippen molar-refractivity contribution in [2.45, 2.75) is 26.3 Å². The fraction of sp³-hybridized carbons (Fsp3) is 0.435. The number of hydrogen-bond donors (Lipinski definition) is 1. The number of nitrogens with zero attached hydrogens (tertiary/aromatic N) is 2. The van der Waals surface area contributed by atoms with E-state index in [2.05, 4.69) is 45.4 Å². The van der Waals surface area contributed by atoms with E-state index in [0.29, 0.717) is 16.5 Å². The summed E-state index contributed by atoms with van der Waals surface area (Å²) in [6, 6.07) is 14.0. The summed E-state index contributed by atoms with van der Waals surface area (Å²) < 4.78 is 5.37. The quantitative estimate of drug-likeness (QED) is 0.746. The van der Waals surface area contributed by atoms with Crippen molar-refractivity contribution in [3.8, 4) is 5.75 Å². The maximum atomic E-state index is 12.8. The van der Waals surface area contributed by atoms with Crippen LogP contribution in [0.4, 0.5) is 5.69 Å². The Balaban J connectivity index is 1.50. The number of nitrogens with one attached hydrogen (secondary N) is 1. The highest BCUT2D eigenvalue weighted by atomic mass is 35.5. The molecule has 0 aromatic heterocycles. The lowest BCUT2D eigenvalue weighted by molar-refractivity contribution is -0.121. The van der Waals surface area contributed by atoms with Gasteiger partial charge in [0.05, 0.1) is 18.8 Å². The number of benzene rings is 2. The third-order valence-corrected chi connectivity index (χ3v) is 6.04. The largest absolute Gasteiger partial charge is 0.495 e. The molecule has 1 fully saturated rings. The Hall–Kier alpha value is -2.08. The van der Waals surface area contributed by atoms with Gasteiger partial charge >= 0.3 is 0 Å². The number of amides is 1. The van der Waals surface area contributed by atoms with Crippen LogP contribution in [0, 0.1) is 6.92 Å². The van der Waals surface area contributed by atoms with Crippen LogP contribution in [0.5, 0.6) is 5.75 Å². The fourth-order valence-corrected chi connectivity index (χ4v) is 3.79. The highest BCUT2D eigenvalue weighted by Gasteiger charge is 2.26. The van der Waals surface area contributed by atoms with E-state index in [-0.39, 0.29) is 11.9 Å². The zero-order valence-electron chi connectivity index (χ0n) is 17.5. The molecule has 1 amide bonds. The molecule has 156 valence electrons. The van der Waals surface area contributed by atoms with Gasteiger partial charge in [0, 0.05) is 43.8 Å². The summed E-state index contributed by atoms with van der Waals surface area (Å²) in [5, 5.41) is 3.63. The van der Waals surface area contributed by atoms with Crippen LogP contribution in [0.2, 0.25) is 5.02 Å². The first-order valence-corrected chi connectivity index (χ1v) is 10.5. The number of aryl methyl sites for hydroxylation is 1. The predicted octanol–water partition coefficient (Wildman–Crippen LogP) is 3.84. The van der Waals surface area contributed by atoms with Gasteiger partial charge in [0.1, 0.15) is 5.75 Å². The summed E-state index contributed by atoms with van der Waals surface area (Å²) in [4.78, 5) is 17.5. The molecule has 1 heterocycles. The van der Waals surface area contributed by atoms with Crippen molar-refractivity contribution in [2.75, 3.05) is 45.2 Å². The van der Waals surface area contributed by atoms with Gasteiger partial charge in [-0.25, -0.2) is 0 Å². The maximum absolute atomic E-state index is 12.8. The van der Waals surface area contributed by atoms with Gasteiger partial charge in [-0.1, -0.05) is 41.9 Å². The first kappa shape index (κ1) is 21.6. The van der Waals surface area contributed by atoms with E-state index in [1.54, 1.807) is 13.2 Å². The van der Waals surface area contributed by atoms with Crippen molar-refractivity contribution < 1.29 is 9.53 Å². The van der Waals surface area contributed by atoms with E-state index < -0.39 is 0 Å². The molecule has 1 aliphatic rings. The number of ether oxygens (including phenoxy) is 1. The molecule has 5 nitrogen and oxygen atoms in total. The SMILES string of the molecule is COc1cc(Cl)c(C)cc1NC(=O)[C@H](C)N1CCN(CCc2ccccc2)CC1. The molecule has 1 atom stereocenters. The Morgan fingerprint density at radius 3 is 2.52 bits per heavy atom. The number of carbonyl (C=O) groups is 1. The van der Waals surface area contributed by atoms with E-state index in [1.165, 1.54) is 5.56 Å². The second kappa shape index (κ2) is 10.1. The lowest BCUT2D eigenvalue weighted by Gasteiger charge is -2.37. The molecule has 2 aromatic rings. The monoisotopic (exact) mass is 415 g/mol. The van der Waals surface area contributed by atoms with Crippen LogP contribution in [0.15, 0.2) is 42.5 Å². The van der Waals surface area contributed by atoms with Crippen LogP contribution in [0.3, 0.4) is 0 Å². The van der Waals surface area contributed by atoms with Crippen LogP contribution in [-0.4, -0.2) is 61.6 Å². The van der Waals surface area contributed by atoms with E-state index in [9.17, 15) is 4.79 Å². The Morgan fingerprint density at radius 2 is 1.86 bits per heavy atom. The molecule has 3 rings (SSSR count). The summed E-state index contributed by atoms with van der Waals surface area (Å²) in [6.07, 6.45) is 1.06. The molecule has 6 heteroatoms. The lowest BCUT2D eigenvalue weighted by atomic mass is 10.1. The average Bonchev–Trinajstić information content (AvgIpc) is 2.75. The van der Waals surface area contributed by atoms with Gasteiger partial charge in [-0.05, 0) is 37.5 Å². The van der Waals surface area contributed by atoms with Crippen molar-refractivity contribution in [1.82, 2.24) is 9.80 Å². The zero-order chi connectivity index (χ0) is 20.8. The number of halogens is 1. The average molecular weight is 416 g/mol.